The van der Waals surface area contributed by atoms with Crippen LogP contribution < -0.4 is 4.74 Å². The van der Waals surface area contributed by atoms with Crippen molar-refractivity contribution in [3.63, 3.8) is 0 Å². The monoisotopic (exact) mass is 278 g/mol. The molecule has 0 aliphatic rings. The molecule has 0 aromatic heterocycles. The zero-order chi connectivity index (χ0) is 14.8. The first kappa shape index (κ1) is 14.9. The van der Waals surface area contributed by atoms with Gasteiger partial charge in [0.2, 0.25) is 0 Å². The molecule has 0 aliphatic carbocycles. The molecule has 0 saturated carbocycles. The second-order valence-corrected chi connectivity index (χ2v) is 4.36. The second-order valence-electron chi connectivity index (χ2n) is 4.36. The summed E-state index contributed by atoms with van der Waals surface area (Å²) in [7, 11) is 1.65. The number of methoxy groups -OCH3 is 1. The number of rotatable bonds is 5. The Kier molecular flexibility index (Phi) is 6.12. The molecule has 2 rings (SSSR count). The molecular weight excluding hydrogens is 260 g/mol. The Bertz CT molecular complexity index is 633. The standard InChI is InChI=1S/C19H18O2/c1-20-19-13-5-10-18(16-19)12-7-15-21-14-6-11-17-8-3-2-4-9-17/h2-6,8-11,13,16H,14-15H2,1H3/b11-6+. The van der Waals surface area contributed by atoms with E-state index in [1.165, 1.54) is 5.56 Å². The van der Waals surface area contributed by atoms with Gasteiger partial charge < -0.3 is 9.47 Å². The van der Waals surface area contributed by atoms with E-state index in [4.69, 9.17) is 9.47 Å². The molecule has 2 aromatic rings. The first-order valence-corrected chi connectivity index (χ1v) is 6.81. The molecule has 0 unspecified atom stereocenters. The minimum atomic E-state index is 0.413. The second kappa shape index (κ2) is 8.63. The fourth-order valence-electron chi connectivity index (χ4n) is 1.77. The highest BCUT2D eigenvalue weighted by Gasteiger charge is 1.90. The van der Waals surface area contributed by atoms with Crippen molar-refractivity contribution < 1.29 is 9.47 Å². The summed E-state index contributed by atoms with van der Waals surface area (Å²) >= 11 is 0. The van der Waals surface area contributed by atoms with Crippen LogP contribution in [-0.2, 0) is 4.74 Å². The summed E-state index contributed by atoms with van der Waals surface area (Å²) in [6.45, 7) is 0.970. The summed E-state index contributed by atoms with van der Waals surface area (Å²) in [5.74, 6) is 6.85. The Morgan fingerprint density at radius 3 is 2.71 bits per heavy atom. The molecule has 0 radical (unpaired) electrons. The molecule has 0 bridgehead atoms. The first-order chi connectivity index (χ1) is 10.4. The number of hydrogen-bond acceptors (Lipinski definition) is 2. The minimum absolute atomic E-state index is 0.413. The quantitative estimate of drug-likeness (QED) is 0.612. The van der Waals surface area contributed by atoms with Gasteiger partial charge in [-0.05, 0) is 23.8 Å². The van der Waals surface area contributed by atoms with Crippen LogP contribution in [0.3, 0.4) is 0 Å². The van der Waals surface area contributed by atoms with Gasteiger partial charge in [0.05, 0.1) is 13.7 Å². The van der Waals surface area contributed by atoms with Crippen molar-refractivity contribution in [1.82, 2.24) is 0 Å². The van der Waals surface area contributed by atoms with Crippen molar-refractivity contribution in [3.8, 4) is 17.6 Å². The van der Waals surface area contributed by atoms with Crippen LogP contribution in [0.4, 0.5) is 0 Å². The van der Waals surface area contributed by atoms with Gasteiger partial charge in [0, 0.05) is 5.56 Å². The van der Waals surface area contributed by atoms with Gasteiger partial charge >= 0.3 is 0 Å². The van der Waals surface area contributed by atoms with Gasteiger partial charge in [-0.2, -0.15) is 0 Å². The van der Waals surface area contributed by atoms with E-state index < -0.39 is 0 Å². The molecule has 106 valence electrons. The Labute approximate surface area is 126 Å². The van der Waals surface area contributed by atoms with Crippen molar-refractivity contribution in [2.75, 3.05) is 20.3 Å². The summed E-state index contributed by atoms with van der Waals surface area (Å²) in [6.07, 6.45) is 4.03. The van der Waals surface area contributed by atoms with E-state index in [0.29, 0.717) is 13.2 Å². The summed E-state index contributed by atoms with van der Waals surface area (Å²) in [4.78, 5) is 0. The van der Waals surface area contributed by atoms with E-state index in [0.717, 1.165) is 11.3 Å². The van der Waals surface area contributed by atoms with Crippen LogP contribution in [0.15, 0.2) is 60.7 Å². The molecular formula is C19H18O2. The van der Waals surface area contributed by atoms with Crippen molar-refractivity contribution in [3.05, 3.63) is 71.8 Å². The van der Waals surface area contributed by atoms with Gasteiger partial charge in [0.25, 0.3) is 0 Å². The average Bonchev–Trinajstić information content (AvgIpc) is 2.55. The van der Waals surface area contributed by atoms with Gasteiger partial charge in [-0.25, -0.2) is 0 Å². The molecule has 0 aliphatic heterocycles. The predicted octanol–water partition coefficient (Wildman–Crippen LogP) is 3.78. The molecule has 2 heteroatoms. The topological polar surface area (TPSA) is 18.5 Å². The molecule has 2 aromatic carbocycles. The highest BCUT2D eigenvalue weighted by molar-refractivity contribution is 5.48. The SMILES string of the molecule is COc1cccc(C#CCOC/C=C/c2ccccc2)c1. The average molecular weight is 278 g/mol. The van der Waals surface area contributed by atoms with Crippen LogP contribution in [0.5, 0.6) is 5.75 Å². The van der Waals surface area contributed by atoms with Gasteiger partial charge in [0.1, 0.15) is 12.4 Å². The van der Waals surface area contributed by atoms with Gasteiger partial charge in [-0.3, -0.25) is 0 Å². The van der Waals surface area contributed by atoms with Crippen LogP contribution in [-0.4, -0.2) is 20.3 Å². The lowest BCUT2D eigenvalue weighted by molar-refractivity contribution is 0.199. The van der Waals surface area contributed by atoms with Crippen molar-refractivity contribution >= 4 is 6.08 Å². The summed E-state index contributed by atoms with van der Waals surface area (Å²) in [5, 5.41) is 0. The maximum atomic E-state index is 5.44. The van der Waals surface area contributed by atoms with Gasteiger partial charge in [-0.15, -0.1) is 0 Å². The Morgan fingerprint density at radius 1 is 1.05 bits per heavy atom. The maximum Gasteiger partial charge on any atom is 0.120 e. The Balaban J connectivity index is 1.73. The minimum Gasteiger partial charge on any atom is -0.497 e. The molecule has 0 amide bonds. The highest BCUT2D eigenvalue weighted by Crippen LogP contribution is 2.11. The Hall–Kier alpha value is -2.50. The third-order valence-electron chi connectivity index (χ3n) is 2.80. The van der Waals surface area contributed by atoms with E-state index in [2.05, 4.69) is 24.0 Å². The van der Waals surface area contributed by atoms with E-state index >= 15 is 0 Å². The van der Waals surface area contributed by atoms with Crippen LogP contribution in [0.25, 0.3) is 6.08 Å². The molecule has 0 N–H and O–H groups in total. The largest absolute Gasteiger partial charge is 0.497 e. The van der Waals surface area contributed by atoms with E-state index in [9.17, 15) is 0 Å². The number of hydrogen-bond donors (Lipinski definition) is 0. The summed E-state index contributed by atoms with van der Waals surface area (Å²) in [5.41, 5.74) is 2.10. The molecule has 0 spiro atoms. The van der Waals surface area contributed by atoms with Crippen LogP contribution >= 0.6 is 0 Å². The molecule has 2 nitrogen and oxygen atoms in total. The van der Waals surface area contributed by atoms with Crippen LogP contribution in [0.1, 0.15) is 11.1 Å². The molecule has 0 fully saturated rings. The highest BCUT2D eigenvalue weighted by atomic mass is 16.5. The molecule has 21 heavy (non-hydrogen) atoms. The van der Waals surface area contributed by atoms with Crippen LogP contribution in [0, 0.1) is 11.8 Å². The molecule has 0 heterocycles. The molecule has 0 atom stereocenters. The zero-order valence-electron chi connectivity index (χ0n) is 12.1. The van der Waals surface area contributed by atoms with Crippen molar-refractivity contribution in [1.29, 1.82) is 0 Å². The van der Waals surface area contributed by atoms with E-state index in [1.54, 1.807) is 7.11 Å². The van der Waals surface area contributed by atoms with Gasteiger partial charge in [-0.1, -0.05) is 60.4 Å². The Morgan fingerprint density at radius 2 is 1.90 bits per heavy atom. The summed E-state index contributed by atoms with van der Waals surface area (Å²) < 4.78 is 10.6. The summed E-state index contributed by atoms with van der Waals surface area (Å²) in [6, 6.07) is 17.8. The number of benzene rings is 2. The third kappa shape index (κ3) is 5.56. The molecule has 0 saturated heterocycles. The zero-order valence-corrected chi connectivity index (χ0v) is 12.1. The fraction of sp³-hybridized carbons (Fsp3) is 0.158. The lowest BCUT2D eigenvalue weighted by atomic mass is 10.2. The fourth-order valence-corrected chi connectivity index (χ4v) is 1.77. The lowest BCUT2D eigenvalue weighted by Gasteiger charge is -1.98. The van der Waals surface area contributed by atoms with E-state index in [1.807, 2.05) is 54.6 Å². The lowest BCUT2D eigenvalue weighted by Crippen LogP contribution is -1.91. The smallest absolute Gasteiger partial charge is 0.120 e. The first-order valence-electron chi connectivity index (χ1n) is 6.81. The van der Waals surface area contributed by atoms with Crippen molar-refractivity contribution in [2.24, 2.45) is 0 Å². The van der Waals surface area contributed by atoms with Crippen molar-refractivity contribution in [2.45, 2.75) is 0 Å². The number of ether oxygens (including phenoxy) is 2. The van der Waals surface area contributed by atoms with Crippen LogP contribution in [0.2, 0.25) is 0 Å². The van der Waals surface area contributed by atoms with E-state index in [-0.39, 0.29) is 0 Å². The predicted molar refractivity (Wildman–Crippen MR) is 86.2 cm³/mol. The van der Waals surface area contributed by atoms with Gasteiger partial charge in [0.15, 0.2) is 0 Å². The normalized spacial score (nSPS) is 10.1. The third-order valence-corrected chi connectivity index (χ3v) is 2.80. The maximum absolute atomic E-state index is 5.44.